The third-order valence-electron chi connectivity index (χ3n) is 8.18. The van der Waals surface area contributed by atoms with E-state index in [1.807, 2.05) is 0 Å². The van der Waals surface area contributed by atoms with E-state index < -0.39 is 11.8 Å². The van der Waals surface area contributed by atoms with Crippen molar-refractivity contribution in [3.05, 3.63) is 63.1 Å². The molecule has 8 nitrogen and oxygen atoms in total. The summed E-state index contributed by atoms with van der Waals surface area (Å²) in [6.45, 7) is 0. The van der Waals surface area contributed by atoms with E-state index in [0.717, 1.165) is 31.7 Å². The van der Waals surface area contributed by atoms with Crippen LogP contribution in [0.1, 0.15) is 66.1 Å². The zero-order valence-corrected chi connectivity index (χ0v) is 23.9. The van der Waals surface area contributed by atoms with Gasteiger partial charge >= 0.3 is 11.9 Å². The molecule has 1 N–H and O–H groups in total. The maximum atomic E-state index is 14.6. The minimum atomic E-state index is -1.18. The molecule has 2 saturated heterocycles. The molecule has 0 spiro atoms. The normalized spacial score (nSPS) is 21.9. The number of piperidine rings is 1. The minimum Gasteiger partial charge on any atom is -0.478 e. The van der Waals surface area contributed by atoms with Crippen LogP contribution in [-0.4, -0.2) is 45.4 Å². The van der Waals surface area contributed by atoms with Crippen LogP contribution in [0.15, 0.2) is 34.9 Å². The Bertz CT molecular complexity index is 1670. The van der Waals surface area contributed by atoms with Gasteiger partial charge < -0.3 is 19.3 Å². The number of anilines is 1. The number of fused-ring (bicyclic) bond motifs is 3. The molecule has 3 fully saturated rings. The van der Waals surface area contributed by atoms with E-state index >= 15 is 0 Å². The third-order valence-corrected chi connectivity index (χ3v) is 9.83. The number of carboxylic acids is 1. The number of halogens is 3. The number of ether oxygens (including phenoxy) is 1. The van der Waals surface area contributed by atoms with Gasteiger partial charge in [-0.05, 0) is 49.9 Å². The highest BCUT2D eigenvalue weighted by molar-refractivity contribution is 7.22. The van der Waals surface area contributed by atoms with E-state index in [2.05, 4.69) is 15.0 Å². The Labute approximate surface area is 248 Å². The van der Waals surface area contributed by atoms with Crippen molar-refractivity contribution in [2.24, 2.45) is 0 Å². The fraction of sp³-hybridized carbons (Fsp3) is 0.379. The van der Waals surface area contributed by atoms with Crippen molar-refractivity contribution in [3.63, 3.8) is 0 Å². The first-order valence-corrected chi connectivity index (χ1v) is 15.1. The number of carbonyl (C=O) groups is 2. The van der Waals surface area contributed by atoms with Crippen LogP contribution in [0.5, 0.6) is 0 Å². The smallest absolute Gasteiger partial charge is 0.335 e. The second-order valence-electron chi connectivity index (χ2n) is 10.9. The number of rotatable bonds is 7. The van der Waals surface area contributed by atoms with Crippen molar-refractivity contribution in [1.29, 1.82) is 0 Å². The number of hydrogen-bond acceptors (Lipinski definition) is 8. The fourth-order valence-electron chi connectivity index (χ4n) is 6.20. The van der Waals surface area contributed by atoms with E-state index in [4.69, 9.17) is 32.5 Å². The predicted octanol–water partition coefficient (Wildman–Crippen LogP) is 7.26. The van der Waals surface area contributed by atoms with Gasteiger partial charge in [0.1, 0.15) is 23.1 Å². The quantitative estimate of drug-likeness (QED) is 0.217. The average molecular weight is 616 g/mol. The Hall–Kier alpha value is -3.21. The first kappa shape index (κ1) is 26.7. The summed E-state index contributed by atoms with van der Waals surface area (Å²) in [4.78, 5) is 31.4. The molecular formula is C29H24Cl2FN3O5S. The Morgan fingerprint density at radius 2 is 1.83 bits per heavy atom. The molecule has 12 heteroatoms. The maximum absolute atomic E-state index is 14.6. The first-order valence-electron chi connectivity index (χ1n) is 13.5. The van der Waals surface area contributed by atoms with Crippen molar-refractivity contribution in [2.45, 2.75) is 69.1 Å². The first-order chi connectivity index (χ1) is 19.8. The van der Waals surface area contributed by atoms with E-state index in [1.54, 1.807) is 18.2 Å². The highest BCUT2D eigenvalue weighted by Gasteiger charge is 2.44. The SMILES string of the molecule is O=C(Cc1c(-c2c(Cl)cccc2Cl)noc1C1CC1)OC1C[C@H]2CC[C@@H](C1)N2c1nc2c(F)cc(C(=O)O)cc2s1. The van der Waals surface area contributed by atoms with Gasteiger partial charge in [0.2, 0.25) is 0 Å². The van der Waals surface area contributed by atoms with Crippen molar-refractivity contribution in [1.82, 2.24) is 10.1 Å². The number of thiazole rings is 1. The summed E-state index contributed by atoms with van der Waals surface area (Å²) in [5.74, 6) is -1.27. The van der Waals surface area contributed by atoms with Crippen LogP contribution in [0, 0.1) is 5.82 Å². The van der Waals surface area contributed by atoms with Gasteiger partial charge in [0, 0.05) is 42.0 Å². The Morgan fingerprint density at radius 1 is 1.12 bits per heavy atom. The van der Waals surface area contributed by atoms with Gasteiger partial charge in [0.05, 0.1) is 26.7 Å². The molecule has 2 aromatic heterocycles. The summed E-state index contributed by atoms with van der Waals surface area (Å²) in [6, 6.07) is 7.85. The molecule has 2 bridgehead atoms. The number of carbonyl (C=O) groups excluding carboxylic acids is 1. The summed E-state index contributed by atoms with van der Waals surface area (Å²) < 4.78 is 26.8. The lowest BCUT2D eigenvalue weighted by Gasteiger charge is -2.38. The molecular weight excluding hydrogens is 592 g/mol. The van der Waals surface area contributed by atoms with Gasteiger partial charge in [0.25, 0.3) is 0 Å². The number of esters is 1. The largest absolute Gasteiger partial charge is 0.478 e. The molecule has 0 radical (unpaired) electrons. The zero-order chi connectivity index (χ0) is 28.4. The molecule has 1 aliphatic carbocycles. The van der Waals surface area contributed by atoms with E-state index in [1.165, 1.54) is 17.4 Å². The van der Waals surface area contributed by atoms with E-state index in [-0.39, 0.29) is 47.6 Å². The molecule has 2 aliphatic heterocycles. The molecule has 2 aromatic carbocycles. The lowest BCUT2D eigenvalue weighted by molar-refractivity contribution is -0.149. The average Bonchev–Trinajstić information content (AvgIpc) is 3.45. The molecule has 1 unspecified atom stereocenters. The van der Waals surface area contributed by atoms with Crippen molar-refractivity contribution >= 4 is 61.8 Å². The van der Waals surface area contributed by atoms with Gasteiger partial charge in [0.15, 0.2) is 10.9 Å². The number of aromatic nitrogens is 2. The van der Waals surface area contributed by atoms with Gasteiger partial charge in [-0.3, -0.25) is 4.79 Å². The topological polar surface area (TPSA) is 106 Å². The summed E-state index contributed by atoms with van der Waals surface area (Å²) in [6.07, 6.45) is 4.76. The number of aromatic carboxylic acids is 1. The van der Waals surface area contributed by atoms with Gasteiger partial charge in [-0.25, -0.2) is 14.2 Å². The summed E-state index contributed by atoms with van der Waals surface area (Å²) in [5.41, 5.74) is 1.77. The molecule has 3 atom stereocenters. The molecule has 4 heterocycles. The van der Waals surface area contributed by atoms with Crippen LogP contribution in [0.2, 0.25) is 10.0 Å². The van der Waals surface area contributed by atoms with Crippen LogP contribution in [0.4, 0.5) is 9.52 Å². The van der Waals surface area contributed by atoms with Crippen molar-refractivity contribution < 1.29 is 28.3 Å². The molecule has 7 rings (SSSR count). The van der Waals surface area contributed by atoms with Gasteiger partial charge in [-0.1, -0.05) is 45.8 Å². The Balaban J connectivity index is 1.08. The molecule has 4 aromatic rings. The van der Waals surface area contributed by atoms with Crippen LogP contribution in [0.3, 0.4) is 0 Å². The molecule has 3 aliphatic rings. The van der Waals surface area contributed by atoms with E-state index in [9.17, 15) is 19.1 Å². The third kappa shape index (κ3) is 4.85. The van der Waals surface area contributed by atoms with Crippen molar-refractivity contribution in [2.75, 3.05) is 4.90 Å². The highest BCUT2D eigenvalue weighted by atomic mass is 35.5. The second kappa shape index (κ2) is 10.3. The van der Waals surface area contributed by atoms with Crippen LogP contribution in [-0.2, 0) is 16.0 Å². The standard InChI is InChI=1S/C29H24Cl2FN3O5S/c30-19-2-1-3-20(31)24(19)25-18(27(40-34-25)13-4-5-13)12-23(36)39-17-10-15-6-7-16(11-17)35(15)29-33-26-21(32)8-14(28(37)38)9-22(26)41-29/h1-3,8-9,13,15-17H,4-7,10-12H2,(H,37,38)/t15-,16+,17?. The molecule has 212 valence electrons. The number of carboxylic acid groups (broad SMARTS) is 1. The lowest BCUT2D eigenvalue weighted by Crippen LogP contribution is -2.46. The highest BCUT2D eigenvalue weighted by Crippen LogP contribution is 2.47. The van der Waals surface area contributed by atoms with Crippen LogP contribution < -0.4 is 4.90 Å². The summed E-state index contributed by atoms with van der Waals surface area (Å²) in [7, 11) is 0. The number of nitrogens with zero attached hydrogens (tertiary/aromatic N) is 3. The van der Waals surface area contributed by atoms with E-state index in [0.29, 0.717) is 55.3 Å². The zero-order valence-electron chi connectivity index (χ0n) is 21.6. The summed E-state index contributed by atoms with van der Waals surface area (Å²) in [5, 5.41) is 15.1. The predicted molar refractivity (Wildman–Crippen MR) is 153 cm³/mol. The summed E-state index contributed by atoms with van der Waals surface area (Å²) >= 11 is 14.2. The van der Waals surface area contributed by atoms with Crippen molar-refractivity contribution in [3.8, 4) is 11.3 Å². The lowest BCUT2D eigenvalue weighted by atomic mass is 9.99. The molecule has 0 amide bonds. The number of hydrogen-bond donors (Lipinski definition) is 1. The van der Waals surface area contributed by atoms with Crippen LogP contribution >= 0.6 is 34.5 Å². The Morgan fingerprint density at radius 3 is 2.49 bits per heavy atom. The maximum Gasteiger partial charge on any atom is 0.335 e. The minimum absolute atomic E-state index is 0.00479. The van der Waals surface area contributed by atoms with Gasteiger partial charge in [-0.15, -0.1) is 0 Å². The van der Waals surface area contributed by atoms with Crippen LogP contribution in [0.25, 0.3) is 21.5 Å². The molecule has 41 heavy (non-hydrogen) atoms. The second-order valence-corrected chi connectivity index (χ2v) is 12.7. The fourth-order valence-corrected chi connectivity index (χ4v) is 7.94. The monoisotopic (exact) mass is 615 g/mol. The number of benzene rings is 2. The van der Waals surface area contributed by atoms with Gasteiger partial charge in [-0.2, -0.15) is 0 Å². The Kier molecular flexibility index (Phi) is 6.67. The molecule has 1 saturated carbocycles.